The Labute approximate surface area is 211 Å². The zero-order chi connectivity index (χ0) is 26.0. The number of benzene rings is 1. The standard InChI is InChI=1S/C24H26ClF3N4O4/c1-14-19(13-22(33)34)32(30-23(14)24(26,27)28)16-3-5-17(6-4-16)36-18-7-9-31(10-8-18)20-11-15(25)12-21(29-20)35-2/h3-6,11-12,14,18-19H,7-10,13H2,1-2H3,(H,33,34)/t14-,19-/m0/s1. The first-order chi connectivity index (χ1) is 17.0. The largest absolute Gasteiger partial charge is 0.490 e. The predicted octanol–water partition coefficient (Wildman–Crippen LogP) is 5.01. The molecule has 0 radical (unpaired) electrons. The van der Waals surface area contributed by atoms with Crippen LogP contribution in [0, 0.1) is 5.92 Å². The molecule has 2 aliphatic heterocycles. The number of alkyl halides is 3. The van der Waals surface area contributed by atoms with Crippen molar-refractivity contribution in [2.45, 2.75) is 44.5 Å². The van der Waals surface area contributed by atoms with Gasteiger partial charge in [-0.15, -0.1) is 0 Å². The fraction of sp³-hybridized carbons (Fsp3) is 0.458. The molecule has 1 fully saturated rings. The summed E-state index contributed by atoms with van der Waals surface area (Å²) in [4.78, 5) is 17.8. The maximum Gasteiger partial charge on any atom is 0.431 e. The zero-order valence-corrected chi connectivity index (χ0v) is 20.5. The highest BCUT2D eigenvalue weighted by molar-refractivity contribution is 6.30. The van der Waals surface area contributed by atoms with Gasteiger partial charge in [0.15, 0.2) is 0 Å². The fourth-order valence-corrected chi connectivity index (χ4v) is 4.67. The molecule has 1 aromatic heterocycles. The van der Waals surface area contributed by atoms with Crippen LogP contribution in [-0.4, -0.2) is 60.3 Å². The van der Waals surface area contributed by atoms with E-state index in [0.717, 1.165) is 23.7 Å². The van der Waals surface area contributed by atoms with Gasteiger partial charge in [0.2, 0.25) is 5.88 Å². The number of methoxy groups -OCH3 is 1. The highest BCUT2D eigenvalue weighted by atomic mass is 35.5. The topological polar surface area (TPSA) is 87.5 Å². The second-order valence-electron chi connectivity index (χ2n) is 8.77. The van der Waals surface area contributed by atoms with E-state index in [1.807, 2.05) is 0 Å². The number of nitrogens with zero attached hydrogens (tertiary/aromatic N) is 4. The molecule has 1 N–H and O–H groups in total. The number of anilines is 2. The SMILES string of the molecule is COc1cc(Cl)cc(N2CCC(Oc3ccc(N4N=C(C(F)(F)F)[C@@H](C)[C@@H]4CC(=O)O)cc3)CC2)n1. The number of aromatic nitrogens is 1. The highest BCUT2D eigenvalue weighted by Crippen LogP contribution is 2.37. The normalized spacial score (nSPS) is 20.9. The van der Waals surface area contributed by atoms with Gasteiger partial charge in [0, 0.05) is 42.9 Å². The Bertz CT molecular complexity index is 1120. The average Bonchev–Trinajstić information content (AvgIpc) is 3.15. The van der Waals surface area contributed by atoms with E-state index in [1.54, 1.807) is 36.4 Å². The first-order valence-electron chi connectivity index (χ1n) is 11.4. The second-order valence-corrected chi connectivity index (χ2v) is 9.20. The van der Waals surface area contributed by atoms with E-state index in [2.05, 4.69) is 15.0 Å². The number of halogens is 4. The smallest absolute Gasteiger partial charge is 0.431 e. The van der Waals surface area contributed by atoms with E-state index in [0.29, 0.717) is 35.4 Å². The molecule has 0 aliphatic carbocycles. The molecule has 0 bridgehead atoms. The third-order valence-electron chi connectivity index (χ3n) is 6.34. The van der Waals surface area contributed by atoms with Gasteiger partial charge < -0.3 is 19.5 Å². The molecular weight excluding hydrogens is 501 g/mol. The lowest BCUT2D eigenvalue weighted by Gasteiger charge is -2.33. The number of hydrazone groups is 1. The van der Waals surface area contributed by atoms with Crippen molar-refractivity contribution >= 4 is 34.8 Å². The molecule has 36 heavy (non-hydrogen) atoms. The number of hydrogen-bond donors (Lipinski definition) is 1. The molecule has 12 heteroatoms. The second kappa shape index (κ2) is 10.4. The van der Waals surface area contributed by atoms with Crippen LogP contribution in [0.5, 0.6) is 11.6 Å². The monoisotopic (exact) mass is 526 g/mol. The molecule has 2 atom stereocenters. The summed E-state index contributed by atoms with van der Waals surface area (Å²) < 4.78 is 51.4. The van der Waals surface area contributed by atoms with Gasteiger partial charge in [0.1, 0.15) is 23.4 Å². The van der Waals surface area contributed by atoms with Gasteiger partial charge in [-0.25, -0.2) is 0 Å². The van der Waals surface area contributed by atoms with Crippen molar-refractivity contribution in [2.75, 3.05) is 30.1 Å². The number of carboxylic acid groups (broad SMARTS) is 1. The molecule has 0 amide bonds. The van der Waals surface area contributed by atoms with Gasteiger partial charge >= 0.3 is 12.1 Å². The Balaban J connectivity index is 1.40. The number of carbonyl (C=O) groups is 1. The van der Waals surface area contributed by atoms with Gasteiger partial charge in [-0.05, 0) is 30.3 Å². The molecular formula is C24H26ClF3N4O4. The van der Waals surface area contributed by atoms with Crippen LogP contribution in [0.3, 0.4) is 0 Å². The molecule has 194 valence electrons. The Kier molecular flexibility index (Phi) is 7.49. The molecule has 3 heterocycles. The van der Waals surface area contributed by atoms with Crippen LogP contribution in [0.2, 0.25) is 5.02 Å². The quantitative estimate of drug-likeness (QED) is 0.542. The Hall–Kier alpha value is -3.21. The molecule has 0 spiro atoms. The van der Waals surface area contributed by atoms with Crippen molar-refractivity contribution in [3.8, 4) is 11.6 Å². The number of piperidine rings is 1. The minimum absolute atomic E-state index is 0.0467. The van der Waals surface area contributed by atoms with Crippen molar-refractivity contribution in [3.63, 3.8) is 0 Å². The third-order valence-corrected chi connectivity index (χ3v) is 6.56. The Morgan fingerprint density at radius 2 is 1.86 bits per heavy atom. The minimum atomic E-state index is -4.63. The summed E-state index contributed by atoms with van der Waals surface area (Å²) in [5, 5.41) is 14.6. The van der Waals surface area contributed by atoms with Crippen LogP contribution in [0.4, 0.5) is 24.7 Å². The first kappa shape index (κ1) is 25.9. The van der Waals surface area contributed by atoms with Crippen molar-refractivity contribution in [2.24, 2.45) is 11.0 Å². The number of carboxylic acids is 1. The third kappa shape index (κ3) is 5.77. The summed E-state index contributed by atoms with van der Waals surface area (Å²) in [6.45, 7) is 2.76. The van der Waals surface area contributed by atoms with E-state index in [-0.39, 0.29) is 6.10 Å². The van der Waals surface area contributed by atoms with Crippen molar-refractivity contribution in [1.82, 2.24) is 4.98 Å². The Morgan fingerprint density at radius 1 is 1.19 bits per heavy atom. The van der Waals surface area contributed by atoms with Gasteiger partial charge in [-0.3, -0.25) is 9.80 Å². The molecule has 1 aromatic carbocycles. The van der Waals surface area contributed by atoms with Gasteiger partial charge in [0.25, 0.3) is 0 Å². The number of hydrogen-bond acceptors (Lipinski definition) is 7. The summed E-state index contributed by atoms with van der Waals surface area (Å²) in [6, 6.07) is 9.01. The zero-order valence-electron chi connectivity index (χ0n) is 19.7. The van der Waals surface area contributed by atoms with Crippen LogP contribution in [0.25, 0.3) is 0 Å². The molecule has 2 aromatic rings. The van der Waals surface area contributed by atoms with Gasteiger partial charge in [0.05, 0.1) is 25.3 Å². The van der Waals surface area contributed by atoms with Crippen LogP contribution in [0.15, 0.2) is 41.5 Å². The summed E-state index contributed by atoms with van der Waals surface area (Å²) >= 11 is 6.15. The minimum Gasteiger partial charge on any atom is -0.490 e. The van der Waals surface area contributed by atoms with Crippen LogP contribution in [0.1, 0.15) is 26.2 Å². The van der Waals surface area contributed by atoms with Crippen LogP contribution >= 0.6 is 11.6 Å². The Morgan fingerprint density at radius 3 is 2.44 bits per heavy atom. The number of pyridine rings is 1. The molecule has 8 nitrogen and oxygen atoms in total. The lowest BCUT2D eigenvalue weighted by atomic mass is 9.94. The summed E-state index contributed by atoms with van der Waals surface area (Å²) in [5.74, 6) is -0.511. The molecule has 0 saturated carbocycles. The van der Waals surface area contributed by atoms with E-state index in [9.17, 15) is 23.1 Å². The summed E-state index contributed by atoms with van der Waals surface area (Å²) in [7, 11) is 1.53. The van der Waals surface area contributed by atoms with E-state index in [1.165, 1.54) is 14.0 Å². The average molecular weight is 527 g/mol. The summed E-state index contributed by atoms with van der Waals surface area (Å²) in [5.41, 5.74) is -0.608. The molecule has 0 unspecified atom stereocenters. The number of ether oxygens (including phenoxy) is 2. The number of rotatable bonds is 7. The van der Waals surface area contributed by atoms with Crippen molar-refractivity contribution in [3.05, 3.63) is 41.4 Å². The van der Waals surface area contributed by atoms with Crippen LogP contribution in [-0.2, 0) is 4.79 Å². The van der Waals surface area contributed by atoms with E-state index in [4.69, 9.17) is 21.1 Å². The van der Waals surface area contributed by atoms with Gasteiger partial charge in [-0.1, -0.05) is 18.5 Å². The van der Waals surface area contributed by atoms with Gasteiger partial charge in [-0.2, -0.15) is 23.3 Å². The molecule has 1 saturated heterocycles. The van der Waals surface area contributed by atoms with Crippen molar-refractivity contribution < 1.29 is 32.5 Å². The predicted molar refractivity (Wildman–Crippen MR) is 129 cm³/mol. The lowest BCUT2D eigenvalue weighted by molar-refractivity contribution is -0.137. The lowest BCUT2D eigenvalue weighted by Crippen LogP contribution is -2.38. The van der Waals surface area contributed by atoms with Crippen molar-refractivity contribution in [1.29, 1.82) is 0 Å². The van der Waals surface area contributed by atoms with Crippen LogP contribution < -0.4 is 19.4 Å². The maximum absolute atomic E-state index is 13.4. The first-order valence-corrected chi connectivity index (χ1v) is 11.8. The van der Waals surface area contributed by atoms with E-state index >= 15 is 0 Å². The summed E-state index contributed by atoms with van der Waals surface area (Å²) in [6.07, 6.45) is -3.67. The highest BCUT2D eigenvalue weighted by Gasteiger charge is 2.48. The van der Waals surface area contributed by atoms with E-state index < -0.39 is 36.2 Å². The molecule has 4 rings (SSSR count). The maximum atomic E-state index is 13.4. The molecule has 2 aliphatic rings. The fourth-order valence-electron chi connectivity index (χ4n) is 4.48. The number of aliphatic carboxylic acids is 1.